The van der Waals surface area contributed by atoms with Crippen LogP contribution in [-0.2, 0) is 11.0 Å². The van der Waals surface area contributed by atoms with Crippen LogP contribution in [0.5, 0.6) is 6.01 Å². The number of alkyl halides is 4. The van der Waals surface area contributed by atoms with Gasteiger partial charge in [0, 0.05) is 48.8 Å². The molecule has 2 aromatic heterocycles. The highest BCUT2D eigenvalue weighted by Gasteiger charge is 2.50. The Kier molecular flexibility index (Phi) is 9.41. The number of carbonyl (C=O) groups excluding carboxylic acids is 1. The first-order valence-electron chi connectivity index (χ1n) is 17.7. The number of ether oxygens (including phenoxy) is 1. The van der Waals surface area contributed by atoms with Crippen molar-refractivity contribution in [1.29, 1.82) is 5.26 Å². The molecule has 2 aromatic carbocycles. The fraction of sp³-hybridized carbons (Fsp3) is 0.514. The number of likely N-dealkylation sites (tertiary alicyclic amines) is 1. The van der Waals surface area contributed by atoms with Gasteiger partial charge in [-0.2, -0.15) is 28.4 Å². The zero-order valence-electron chi connectivity index (χ0n) is 29.7. The minimum atomic E-state index is -5.12. The van der Waals surface area contributed by atoms with Crippen molar-refractivity contribution >= 4 is 49.1 Å². The van der Waals surface area contributed by atoms with E-state index in [0.717, 1.165) is 24.6 Å². The molecule has 4 atom stereocenters. The SMILES string of the molecule is CCC1C(N(C)c2nc(OCC34CCCN3CC(F)C4)nc3c(F)c(-c4ccc(F)c5sc(N)c(C#N)c45)c(C(F)(F)F)cc23)CCN1C(=O)C(C)C. The third-order valence-electron chi connectivity index (χ3n) is 11.2. The fourth-order valence-corrected chi connectivity index (χ4v) is 9.66. The van der Waals surface area contributed by atoms with E-state index < -0.39 is 52.2 Å². The summed E-state index contributed by atoms with van der Waals surface area (Å²) in [6, 6.07) is 3.49. The van der Waals surface area contributed by atoms with Gasteiger partial charge in [0.15, 0.2) is 5.82 Å². The first-order chi connectivity index (χ1) is 25.1. The average molecular weight is 760 g/mol. The second-order valence-electron chi connectivity index (χ2n) is 14.6. The summed E-state index contributed by atoms with van der Waals surface area (Å²) in [6.45, 7) is 6.84. The molecule has 0 saturated carbocycles. The number of nitrogens with two attached hydrogens (primary N) is 1. The second-order valence-corrected chi connectivity index (χ2v) is 15.6. The number of nitrogen functional groups attached to an aromatic ring is 1. The Hall–Kier alpha value is -4.36. The second kappa shape index (κ2) is 13.5. The van der Waals surface area contributed by atoms with Gasteiger partial charge in [0.25, 0.3) is 0 Å². The number of anilines is 2. The number of fused-ring (bicyclic) bond motifs is 3. The maximum absolute atomic E-state index is 17.2. The Morgan fingerprint density at radius 3 is 2.68 bits per heavy atom. The molecule has 3 aliphatic heterocycles. The maximum atomic E-state index is 17.2. The van der Waals surface area contributed by atoms with Crippen LogP contribution in [0.2, 0.25) is 0 Å². The summed E-state index contributed by atoms with van der Waals surface area (Å²) in [5.74, 6) is -2.58. The van der Waals surface area contributed by atoms with Gasteiger partial charge in [0.2, 0.25) is 5.91 Å². The fourth-order valence-electron chi connectivity index (χ4n) is 8.71. The van der Waals surface area contributed by atoms with E-state index in [1.54, 1.807) is 30.7 Å². The van der Waals surface area contributed by atoms with Crippen molar-refractivity contribution in [2.45, 2.75) is 82.8 Å². The Bertz CT molecular complexity index is 2150. The third-order valence-corrected chi connectivity index (χ3v) is 12.2. The molecule has 0 bridgehead atoms. The zero-order chi connectivity index (χ0) is 38.1. The third kappa shape index (κ3) is 6.09. The van der Waals surface area contributed by atoms with Crippen molar-refractivity contribution in [3.05, 3.63) is 41.0 Å². The van der Waals surface area contributed by atoms with Gasteiger partial charge in [0.05, 0.1) is 33.4 Å². The molecule has 3 saturated heterocycles. The number of halogens is 6. The standard InChI is InChI=1S/C37H39F6N7O2S/c1-5-25-26(9-12-50(25)34(51)18(2)3)48(4)33-21-13-23(37(41,42)43)28(20-7-8-24(39)31-27(20)22(15-44)32(45)53-31)29(40)30(21)46-35(47-33)52-17-36-10-6-11-49(36)16-19(38)14-36/h7-8,13,18-19,25-26H,5-6,9-12,14,16-17,45H2,1-4H3. The number of carbonyl (C=O) groups is 1. The smallest absolute Gasteiger partial charge is 0.417 e. The summed E-state index contributed by atoms with van der Waals surface area (Å²) in [5.41, 5.74) is 1.90. The van der Waals surface area contributed by atoms with E-state index in [4.69, 9.17) is 10.5 Å². The molecule has 7 rings (SSSR count). The Morgan fingerprint density at radius 2 is 2.00 bits per heavy atom. The number of rotatable bonds is 8. The molecule has 3 aliphatic rings. The molecule has 16 heteroatoms. The van der Waals surface area contributed by atoms with E-state index >= 15 is 17.6 Å². The average Bonchev–Trinajstić information content (AvgIpc) is 3.87. The quantitative estimate of drug-likeness (QED) is 0.182. The number of hydrogen-bond acceptors (Lipinski definition) is 9. The van der Waals surface area contributed by atoms with E-state index in [1.807, 2.05) is 17.9 Å². The van der Waals surface area contributed by atoms with E-state index in [2.05, 4.69) is 9.97 Å². The molecule has 9 nitrogen and oxygen atoms in total. The molecule has 53 heavy (non-hydrogen) atoms. The molecule has 1 amide bonds. The van der Waals surface area contributed by atoms with Gasteiger partial charge in [0.1, 0.15) is 41.0 Å². The topological polar surface area (TPSA) is 112 Å². The van der Waals surface area contributed by atoms with Crippen LogP contribution < -0.4 is 15.4 Å². The van der Waals surface area contributed by atoms with Crippen LogP contribution in [0.25, 0.3) is 32.1 Å². The van der Waals surface area contributed by atoms with Crippen LogP contribution in [0.3, 0.4) is 0 Å². The zero-order valence-corrected chi connectivity index (χ0v) is 30.5. The van der Waals surface area contributed by atoms with Gasteiger partial charge in [-0.25, -0.2) is 13.2 Å². The summed E-state index contributed by atoms with van der Waals surface area (Å²) in [4.78, 5) is 27.6. The molecule has 4 aromatic rings. The lowest BCUT2D eigenvalue weighted by atomic mass is 9.92. The van der Waals surface area contributed by atoms with Gasteiger partial charge >= 0.3 is 12.2 Å². The number of nitriles is 1. The summed E-state index contributed by atoms with van der Waals surface area (Å²) < 4.78 is 98.2. The summed E-state index contributed by atoms with van der Waals surface area (Å²) in [6.07, 6.45) is -3.45. The summed E-state index contributed by atoms with van der Waals surface area (Å²) in [7, 11) is 1.64. The highest BCUT2D eigenvalue weighted by Crippen LogP contribution is 2.48. The molecule has 282 valence electrons. The predicted molar refractivity (Wildman–Crippen MR) is 190 cm³/mol. The monoisotopic (exact) mass is 759 g/mol. The number of benzene rings is 2. The molecule has 0 spiro atoms. The summed E-state index contributed by atoms with van der Waals surface area (Å²) >= 11 is 0.682. The number of likely N-dealkylation sites (N-methyl/N-ethyl adjacent to an activating group) is 1. The van der Waals surface area contributed by atoms with Crippen molar-refractivity contribution in [3.8, 4) is 23.2 Å². The largest absolute Gasteiger partial charge is 0.461 e. The lowest BCUT2D eigenvalue weighted by Gasteiger charge is -2.35. The lowest BCUT2D eigenvalue weighted by molar-refractivity contribution is -0.137. The van der Waals surface area contributed by atoms with Crippen LogP contribution in [-0.4, -0.2) is 82.8 Å². The number of amides is 1. The van der Waals surface area contributed by atoms with Gasteiger partial charge in [-0.15, -0.1) is 11.3 Å². The van der Waals surface area contributed by atoms with Crippen LogP contribution in [0.15, 0.2) is 18.2 Å². The minimum Gasteiger partial charge on any atom is -0.461 e. The molecular formula is C37H39F6N7O2S. The normalized spacial score (nSPS) is 23.4. The number of aromatic nitrogens is 2. The highest BCUT2D eigenvalue weighted by atomic mass is 32.1. The van der Waals surface area contributed by atoms with Crippen LogP contribution >= 0.6 is 11.3 Å². The molecule has 0 radical (unpaired) electrons. The van der Waals surface area contributed by atoms with Crippen molar-refractivity contribution in [1.82, 2.24) is 19.8 Å². The first kappa shape index (κ1) is 37.0. The van der Waals surface area contributed by atoms with Crippen LogP contribution in [0.4, 0.5) is 37.2 Å². The Morgan fingerprint density at radius 1 is 1.25 bits per heavy atom. The highest BCUT2D eigenvalue weighted by molar-refractivity contribution is 7.23. The van der Waals surface area contributed by atoms with Crippen molar-refractivity contribution in [2.24, 2.45) is 5.92 Å². The van der Waals surface area contributed by atoms with Gasteiger partial charge in [-0.05, 0) is 49.9 Å². The van der Waals surface area contributed by atoms with E-state index in [1.165, 1.54) is 0 Å². The maximum Gasteiger partial charge on any atom is 0.417 e. The minimum absolute atomic E-state index is 0.0207. The molecule has 3 fully saturated rings. The molecule has 2 N–H and O–H groups in total. The van der Waals surface area contributed by atoms with Gasteiger partial charge in [-0.3, -0.25) is 9.69 Å². The van der Waals surface area contributed by atoms with Crippen molar-refractivity contribution in [2.75, 3.05) is 43.9 Å². The number of thiophene rings is 1. The Balaban J connectivity index is 1.44. The van der Waals surface area contributed by atoms with E-state index in [9.17, 15) is 18.8 Å². The van der Waals surface area contributed by atoms with Crippen molar-refractivity contribution in [3.63, 3.8) is 0 Å². The van der Waals surface area contributed by atoms with Crippen LogP contribution in [0.1, 0.15) is 64.0 Å². The van der Waals surface area contributed by atoms with Gasteiger partial charge in [-0.1, -0.05) is 26.8 Å². The number of nitrogens with zero attached hydrogens (tertiary/aromatic N) is 6. The molecular weight excluding hydrogens is 721 g/mol. The Labute approximate surface area is 306 Å². The first-order valence-corrected chi connectivity index (χ1v) is 18.5. The van der Waals surface area contributed by atoms with Crippen molar-refractivity contribution < 1.29 is 35.9 Å². The molecule has 0 aliphatic carbocycles. The van der Waals surface area contributed by atoms with E-state index in [-0.39, 0.29) is 80.9 Å². The van der Waals surface area contributed by atoms with Gasteiger partial charge < -0.3 is 20.3 Å². The summed E-state index contributed by atoms with van der Waals surface area (Å²) in [5, 5.41) is 9.25. The number of hydrogen-bond donors (Lipinski definition) is 1. The molecule has 4 unspecified atom stereocenters. The predicted octanol–water partition coefficient (Wildman–Crippen LogP) is 7.69. The van der Waals surface area contributed by atoms with E-state index in [0.29, 0.717) is 43.7 Å². The lowest BCUT2D eigenvalue weighted by Crippen LogP contribution is -2.46. The van der Waals surface area contributed by atoms with Crippen LogP contribution in [0, 0.1) is 28.9 Å². The molecule has 5 heterocycles.